The zero-order valence-corrected chi connectivity index (χ0v) is 14.4. The van der Waals surface area contributed by atoms with Gasteiger partial charge in [0, 0.05) is 16.6 Å². The van der Waals surface area contributed by atoms with Crippen LogP contribution in [0, 0.1) is 0 Å². The molecule has 1 amide bonds. The summed E-state index contributed by atoms with van der Waals surface area (Å²) in [6.45, 7) is 0. The van der Waals surface area contributed by atoms with Gasteiger partial charge in [-0.15, -0.1) is 0 Å². The van der Waals surface area contributed by atoms with E-state index in [4.69, 9.17) is 11.6 Å². The van der Waals surface area contributed by atoms with Gasteiger partial charge in [0.25, 0.3) is 5.91 Å². The lowest BCUT2D eigenvalue weighted by Gasteiger charge is -2.17. The number of nitrogens with zero attached hydrogens (tertiary/aromatic N) is 1. The number of amides is 1. The van der Waals surface area contributed by atoms with E-state index in [2.05, 4.69) is 15.6 Å². The Morgan fingerprint density at radius 2 is 1.88 bits per heavy atom. The number of halogens is 1. The maximum atomic E-state index is 12.2. The van der Waals surface area contributed by atoms with Crippen LogP contribution < -0.4 is 10.6 Å². The largest absolute Gasteiger partial charge is 0.381 e. The van der Waals surface area contributed by atoms with Crippen LogP contribution in [0.3, 0.4) is 0 Å². The van der Waals surface area contributed by atoms with Gasteiger partial charge in [-0.1, -0.05) is 43.4 Å². The van der Waals surface area contributed by atoms with E-state index in [-0.39, 0.29) is 5.91 Å². The molecule has 1 aromatic carbocycles. The second-order valence-corrected chi connectivity index (χ2v) is 6.67. The number of carbonyl (C=O) groups excluding carboxylic acids is 1. The Bertz CT molecular complexity index is 679. The molecule has 2 N–H and O–H groups in total. The van der Waals surface area contributed by atoms with Crippen LogP contribution in [0.2, 0.25) is 5.02 Å². The molecule has 0 spiro atoms. The number of pyridine rings is 1. The molecule has 3 rings (SSSR count). The van der Waals surface area contributed by atoms with Gasteiger partial charge in [-0.05, 0) is 43.2 Å². The second-order valence-electron chi connectivity index (χ2n) is 6.23. The lowest BCUT2D eigenvalue weighted by molar-refractivity contribution is 0.102. The predicted octanol–water partition coefficient (Wildman–Crippen LogP) is 5.12. The van der Waals surface area contributed by atoms with Crippen molar-refractivity contribution in [3.63, 3.8) is 0 Å². The zero-order chi connectivity index (χ0) is 16.8. The summed E-state index contributed by atoms with van der Waals surface area (Å²) in [4.78, 5) is 16.5. The van der Waals surface area contributed by atoms with Crippen LogP contribution in [0.4, 0.5) is 11.5 Å². The summed E-state index contributed by atoms with van der Waals surface area (Å²) in [7, 11) is 0. The fourth-order valence-electron chi connectivity index (χ4n) is 3.03. The molecule has 1 fully saturated rings. The van der Waals surface area contributed by atoms with Crippen LogP contribution in [0.1, 0.15) is 48.9 Å². The Kier molecular flexibility index (Phi) is 5.70. The van der Waals surface area contributed by atoms with Gasteiger partial charge in [0.15, 0.2) is 0 Å². The normalized spacial score (nSPS) is 15.5. The van der Waals surface area contributed by atoms with Crippen molar-refractivity contribution in [2.45, 2.75) is 44.6 Å². The molecule has 4 nitrogen and oxygen atoms in total. The van der Waals surface area contributed by atoms with Crippen LogP contribution in [-0.4, -0.2) is 16.9 Å². The maximum Gasteiger partial charge on any atom is 0.256 e. The molecule has 126 valence electrons. The van der Waals surface area contributed by atoms with E-state index in [1.807, 2.05) is 12.1 Å². The van der Waals surface area contributed by atoms with Gasteiger partial charge < -0.3 is 10.6 Å². The summed E-state index contributed by atoms with van der Waals surface area (Å²) in [5.74, 6) is 0.320. The quantitative estimate of drug-likeness (QED) is 0.757. The number of benzene rings is 1. The van der Waals surface area contributed by atoms with E-state index < -0.39 is 0 Å². The average molecular weight is 344 g/mol. The van der Waals surface area contributed by atoms with Gasteiger partial charge in [-0.3, -0.25) is 4.79 Å². The Balaban J connectivity index is 1.58. The Morgan fingerprint density at radius 1 is 1.08 bits per heavy atom. The van der Waals surface area contributed by atoms with Crippen molar-refractivity contribution in [3.8, 4) is 0 Å². The summed E-state index contributed by atoms with van der Waals surface area (Å²) < 4.78 is 0. The highest BCUT2D eigenvalue weighted by molar-refractivity contribution is 6.31. The van der Waals surface area contributed by atoms with Gasteiger partial charge in [-0.2, -0.15) is 0 Å². The molecule has 0 aliphatic heterocycles. The maximum absolute atomic E-state index is 12.2. The van der Waals surface area contributed by atoms with Gasteiger partial charge in [0.1, 0.15) is 5.82 Å². The number of anilines is 2. The van der Waals surface area contributed by atoms with Crippen molar-refractivity contribution in [2.75, 3.05) is 10.6 Å². The third-order valence-electron chi connectivity index (χ3n) is 4.32. The third kappa shape index (κ3) is 4.71. The van der Waals surface area contributed by atoms with Crippen LogP contribution in [0.25, 0.3) is 0 Å². The highest BCUT2D eigenvalue weighted by Gasteiger charge is 2.12. The van der Waals surface area contributed by atoms with Crippen molar-refractivity contribution >= 4 is 29.0 Å². The van der Waals surface area contributed by atoms with E-state index in [1.54, 1.807) is 30.5 Å². The number of carbonyl (C=O) groups is 1. The molecule has 24 heavy (non-hydrogen) atoms. The average Bonchev–Trinajstić information content (AvgIpc) is 2.85. The second kappa shape index (κ2) is 8.15. The SMILES string of the molecule is O=C(Nc1ccc(NC2CCCCCC2)cn1)c1cccc(Cl)c1. The van der Waals surface area contributed by atoms with Crippen molar-refractivity contribution < 1.29 is 4.79 Å². The Morgan fingerprint density at radius 3 is 2.54 bits per heavy atom. The molecular formula is C19H22ClN3O. The fraction of sp³-hybridized carbons (Fsp3) is 0.368. The standard InChI is InChI=1S/C19H22ClN3O/c20-15-7-5-6-14(12-15)19(24)23-18-11-10-17(13-21-18)22-16-8-3-1-2-4-9-16/h5-7,10-13,16,22H,1-4,8-9H2,(H,21,23,24). The molecule has 5 heteroatoms. The Labute approximate surface area is 147 Å². The Hall–Kier alpha value is -2.07. The lowest BCUT2D eigenvalue weighted by atomic mass is 10.1. The molecule has 0 atom stereocenters. The summed E-state index contributed by atoms with van der Waals surface area (Å²) in [6.07, 6.45) is 9.46. The summed E-state index contributed by atoms with van der Waals surface area (Å²) >= 11 is 5.91. The van der Waals surface area contributed by atoms with Crippen molar-refractivity contribution in [1.29, 1.82) is 0 Å². The van der Waals surface area contributed by atoms with E-state index in [1.165, 1.54) is 38.5 Å². The summed E-state index contributed by atoms with van der Waals surface area (Å²) in [6, 6.07) is 11.2. The van der Waals surface area contributed by atoms with Gasteiger partial charge in [0.2, 0.25) is 0 Å². The van der Waals surface area contributed by atoms with Crippen LogP contribution in [0.5, 0.6) is 0 Å². The number of hydrogen-bond donors (Lipinski definition) is 2. The van der Waals surface area contributed by atoms with E-state index >= 15 is 0 Å². The molecule has 0 unspecified atom stereocenters. The molecule has 1 aromatic heterocycles. The first-order chi connectivity index (χ1) is 11.7. The highest BCUT2D eigenvalue weighted by atomic mass is 35.5. The highest BCUT2D eigenvalue weighted by Crippen LogP contribution is 2.21. The summed E-state index contributed by atoms with van der Waals surface area (Å²) in [5.41, 5.74) is 1.52. The molecule has 1 aliphatic carbocycles. The van der Waals surface area contributed by atoms with Crippen molar-refractivity contribution in [1.82, 2.24) is 4.98 Å². The first-order valence-electron chi connectivity index (χ1n) is 8.50. The third-order valence-corrected chi connectivity index (χ3v) is 4.55. The molecule has 1 saturated carbocycles. The molecule has 0 bridgehead atoms. The minimum absolute atomic E-state index is 0.213. The first kappa shape index (κ1) is 16.8. The van der Waals surface area contributed by atoms with Gasteiger partial charge in [0.05, 0.1) is 11.9 Å². The molecule has 0 saturated heterocycles. The van der Waals surface area contributed by atoms with E-state index in [9.17, 15) is 4.79 Å². The first-order valence-corrected chi connectivity index (χ1v) is 8.88. The van der Waals surface area contributed by atoms with Crippen LogP contribution in [0.15, 0.2) is 42.6 Å². The van der Waals surface area contributed by atoms with E-state index in [0.29, 0.717) is 22.4 Å². The van der Waals surface area contributed by atoms with E-state index in [0.717, 1.165) is 5.69 Å². The van der Waals surface area contributed by atoms with Gasteiger partial charge in [-0.25, -0.2) is 4.98 Å². The zero-order valence-electron chi connectivity index (χ0n) is 13.6. The summed E-state index contributed by atoms with van der Waals surface area (Å²) in [5, 5.41) is 6.88. The minimum atomic E-state index is -0.213. The van der Waals surface area contributed by atoms with Crippen LogP contribution >= 0.6 is 11.6 Å². The number of rotatable bonds is 4. The number of nitrogens with one attached hydrogen (secondary N) is 2. The molecule has 1 aliphatic rings. The smallest absolute Gasteiger partial charge is 0.256 e. The minimum Gasteiger partial charge on any atom is -0.381 e. The topological polar surface area (TPSA) is 54.0 Å². The number of hydrogen-bond acceptors (Lipinski definition) is 3. The lowest BCUT2D eigenvalue weighted by Crippen LogP contribution is -2.18. The molecule has 1 heterocycles. The molecule has 2 aromatic rings. The number of aromatic nitrogens is 1. The molecule has 0 radical (unpaired) electrons. The predicted molar refractivity (Wildman–Crippen MR) is 98.8 cm³/mol. The molecular weight excluding hydrogens is 322 g/mol. The van der Waals surface area contributed by atoms with Crippen LogP contribution in [-0.2, 0) is 0 Å². The van der Waals surface area contributed by atoms with Crippen molar-refractivity contribution in [3.05, 3.63) is 53.2 Å². The van der Waals surface area contributed by atoms with Crippen molar-refractivity contribution in [2.24, 2.45) is 0 Å². The fourth-order valence-corrected chi connectivity index (χ4v) is 3.22. The monoisotopic (exact) mass is 343 g/mol. The van der Waals surface area contributed by atoms with Gasteiger partial charge >= 0.3 is 0 Å².